The van der Waals surface area contributed by atoms with Gasteiger partial charge in [0, 0.05) is 30.7 Å². The summed E-state index contributed by atoms with van der Waals surface area (Å²) in [6.45, 7) is 1.93. The van der Waals surface area contributed by atoms with Crippen LogP contribution in [-0.2, 0) is 0 Å². The van der Waals surface area contributed by atoms with Crippen molar-refractivity contribution in [1.29, 1.82) is 0 Å². The second-order valence-electron chi connectivity index (χ2n) is 3.89. The highest BCUT2D eigenvalue weighted by Gasteiger charge is 2.18. The molecule has 98 valence electrons. The molecule has 1 aliphatic rings. The molecule has 1 heterocycles. The van der Waals surface area contributed by atoms with Crippen LogP contribution in [0.5, 0.6) is 0 Å². The van der Waals surface area contributed by atoms with Gasteiger partial charge in [0.25, 0.3) is 0 Å². The maximum atomic E-state index is 13.5. The maximum absolute atomic E-state index is 13.5. The Bertz CT molecular complexity index is 447. The molecule has 0 bridgehead atoms. The van der Waals surface area contributed by atoms with Crippen molar-refractivity contribution in [2.24, 2.45) is 0 Å². The minimum atomic E-state index is -0.659. The van der Waals surface area contributed by atoms with E-state index in [1.54, 1.807) is 4.90 Å². The molecule has 7 heteroatoms. The van der Waals surface area contributed by atoms with E-state index in [0.717, 1.165) is 0 Å². The summed E-state index contributed by atoms with van der Waals surface area (Å²) in [7, 11) is 0. The maximum Gasteiger partial charge on any atom is 0.317 e. The van der Waals surface area contributed by atoms with Gasteiger partial charge in [0.05, 0.1) is 0 Å². The van der Waals surface area contributed by atoms with Crippen LogP contribution in [0.1, 0.15) is 0 Å². The average molecular weight is 320 g/mol. The van der Waals surface area contributed by atoms with Crippen LogP contribution in [-0.4, -0.2) is 37.1 Å². The first kappa shape index (κ1) is 13.1. The standard InChI is InChI=1S/C11H12BrF2N3O/c12-7-5-8(13)10(9(14)6-7)15-1-3-17-4-2-16-11(17)18/h5-6,15H,1-4H2,(H,16,18). The lowest BCUT2D eigenvalue weighted by atomic mass is 10.3. The van der Waals surface area contributed by atoms with Crippen LogP contribution in [0.15, 0.2) is 16.6 Å². The van der Waals surface area contributed by atoms with Crippen molar-refractivity contribution in [3.8, 4) is 0 Å². The van der Waals surface area contributed by atoms with E-state index in [-0.39, 0.29) is 11.7 Å². The van der Waals surface area contributed by atoms with E-state index in [4.69, 9.17) is 0 Å². The zero-order valence-electron chi connectivity index (χ0n) is 9.47. The molecule has 0 saturated carbocycles. The molecule has 1 saturated heterocycles. The Morgan fingerprint density at radius 3 is 2.61 bits per heavy atom. The van der Waals surface area contributed by atoms with E-state index in [2.05, 4.69) is 26.6 Å². The smallest absolute Gasteiger partial charge is 0.317 e. The first-order valence-corrected chi connectivity index (χ1v) is 6.28. The summed E-state index contributed by atoms with van der Waals surface area (Å²) in [5.41, 5.74) is -0.169. The van der Waals surface area contributed by atoms with Gasteiger partial charge in [0.2, 0.25) is 0 Å². The molecule has 0 radical (unpaired) electrons. The summed E-state index contributed by atoms with van der Waals surface area (Å²) >= 11 is 3.01. The number of rotatable bonds is 4. The van der Waals surface area contributed by atoms with Gasteiger partial charge in [-0.3, -0.25) is 0 Å². The highest BCUT2D eigenvalue weighted by Crippen LogP contribution is 2.23. The second-order valence-corrected chi connectivity index (χ2v) is 4.81. The lowest BCUT2D eigenvalue weighted by Gasteiger charge is -2.15. The van der Waals surface area contributed by atoms with E-state index in [0.29, 0.717) is 30.7 Å². The van der Waals surface area contributed by atoms with E-state index >= 15 is 0 Å². The number of halogens is 3. The quantitative estimate of drug-likeness (QED) is 0.893. The molecule has 2 amide bonds. The Kier molecular flexibility index (Phi) is 4.00. The number of benzene rings is 1. The third-order valence-electron chi connectivity index (χ3n) is 2.64. The van der Waals surface area contributed by atoms with Gasteiger partial charge in [-0.1, -0.05) is 15.9 Å². The summed E-state index contributed by atoms with van der Waals surface area (Å²) < 4.78 is 27.3. The highest BCUT2D eigenvalue weighted by atomic mass is 79.9. The molecule has 1 fully saturated rings. The molecule has 1 aliphatic heterocycles. The van der Waals surface area contributed by atoms with Crippen molar-refractivity contribution < 1.29 is 13.6 Å². The molecule has 4 nitrogen and oxygen atoms in total. The summed E-state index contributed by atoms with van der Waals surface area (Å²) in [6, 6.07) is 2.23. The fraction of sp³-hybridized carbons (Fsp3) is 0.364. The highest BCUT2D eigenvalue weighted by molar-refractivity contribution is 9.10. The van der Waals surface area contributed by atoms with E-state index < -0.39 is 11.6 Å². The number of nitrogens with one attached hydrogen (secondary N) is 2. The minimum Gasteiger partial charge on any atom is -0.379 e. The number of carbonyl (C=O) groups excluding carboxylic acids is 1. The second kappa shape index (κ2) is 5.51. The molecule has 0 unspecified atom stereocenters. The normalized spacial score (nSPS) is 14.8. The molecular formula is C11H12BrF2N3O. The van der Waals surface area contributed by atoms with Gasteiger partial charge >= 0.3 is 6.03 Å². The van der Waals surface area contributed by atoms with Crippen molar-refractivity contribution in [3.63, 3.8) is 0 Å². The molecule has 0 aromatic heterocycles. The Labute approximate surface area is 111 Å². The van der Waals surface area contributed by atoms with Crippen molar-refractivity contribution in [2.45, 2.75) is 0 Å². The Hall–Kier alpha value is -1.37. The number of hydrogen-bond donors (Lipinski definition) is 2. The largest absolute Gasteiger partial charge is 0.379 e. The van der Waals surface area contributed by atoms with Gasteiger partial charge in [-0.05, 0) is 12.1 Å². The third-order valence-corrected chi connectivity index (χ3v) is 3.09. The fourth-order valence-electron chi connectivity index (χ4n) is 1.75. The number of carbonyl (C=O) groups is 1. The molecule has 0 spiro atoms. The van der Waals surface area contributed by atoms with Crippen LogP contribution in [0, 0.1) is 11.6 Å². The van der Waals surface area contributed by atoms with Crippen LogP contribution in [0.2, 0.25) is 0 Å². The third kappa shape index (κ3) is 2.90. The lowest BCUT2D eigenvalue weighted by Crippen LogP contribution is -2.32. The van der Waals surface area contributed by atoms with Crippen molar-refractivity contribution in [1.82, 2.24) is 10.2 Å². The van der Waals surface area contributed by atoms with Crippen molar-refractivity contribution >= 4 is 27.6 Å². The Morgan fingerprint density at radius 2 is 2.06 bits per heavy atom. The summed E-state index contributed by atoms with van der Waals surface area (Å²) in [6.07, 6.45) is 0. The first-order chi connectivity index (χ1) is 8.58. The van der Waals surface area contributed by atoms with E-state index in [1.807, 2.05) is 0 Å². The van der Waals surface area contributed by atoms with Crippen molar-refractivity contribution in [3.05, 3.63) is 28.2 Å². The van der Waals surface area contributed by atoms with Crippen LogP contribution in [0.4, 0.5) is 19.3 Å². The number of amides is 2. The zero-order valence-corrected chi connectivity index (χ0v) is 11.1. The monoisotopic (exact) mass is 319 g/mol. The van der Waals surface area contributed by atoms with Gasteiger partial charge in [-0.15, -0.1) is 0 Å². The molecular weight excluding hydrogens is 308 g/mol. The Balaban J connectivity index is 1.92. The minimum absolute atomic E-state index is 0.145. The Morgan fingerprint density at radius 1 is 1.39 bits per heavy atom. The number of anilines is 1. The van der Waals surface area contributed by atoms with E-state index in [9.17, 15) is 13.6 Å². The van der Waals surface area contributed by atoms with Gasteiger partial charge in [0.1, 0.15) is 17.3 Å². The summed E-state index contributed by atoms with van der Waals surface area (Å²) in [5.74, 6) is -1.32. The number of nitrogens with zero attached hydrogens (tertiary/aromatic N) is 1. The van der Waals surface area contributed by atoms with E-state index in [1.165, 1.54) is 12.1 Å². The van der Waals surface area contributed by atoms with Crippen molar-refractivity contribution in [2.75, 3.05) is 31.5 Å². The van der Waals surface area contributed by atoms with Crippen LogP contribution in [0.25, 0.3) is 0 Å². The van der Waals surface area contributed by atoms with Gasteiger partial charge in [-0.2, -0.15) is 0 Å². The molecule has 1 aromatic rings. The predicted molar refractivity (Wildman–Crippen MR) is 67.5 cm³/mol. The zero-order chi connectivity index (χ0) is 13.1. The molecule has 1 aromatic carbocycles. The average Bonchev–Trinajstić information content (AvgIpc) is 2.68. The lowest BCUT2D eigenvalue weighted by molar-refractivity contribution is 0.219. The summed E-state index contributed by atoms with van der Waals surface area (Å²) in [4.78, 5) is 12.8. The van der Waals surface area contributed by atoms with Gasteiger partial charge in [-0.25, -0.2) is 13.6 Å². The van der Waals surface area contributed by atoms with Gasteiger partial charge < -0.3 is 15.5 Å². The fourth-order valence-corrected chi connectivity index (χ4v) is 2.15. The van der Waals surface area contributed by atoms with Crippen LogP contribution in [0.3, 0.4) is 0 Å². The number of hydrogen-bond acceptors (Lipinski definition) is 2. The van der Waals surface area contributed by atoms with Crippen LogP contribution >= 0.6 is 15.9 Å². The molecule has 0 aliphatic carbocycles. The van der Waals surface area contributed by atoms with Gasteiger partial charge in [0.15, 0.2) is 0 Å². The number of urea groups is 1. The molecule has 2 N–H and O–H groups in total. The SMILES string of the molecule is O=C1NCCN1CCNc1c(F)cc(Br)cc1F. The molecule has 18 heavy (non-hydrogen) atoms. The topological polar surface area (TPSA) is 44.4 Å². The predicted octanol–water partition coefficient (Wildman–Crippen LogP) is 2.16. The van der Waals surface area contributed by atoms with Crippen LogP contribution < -0.4 is 10.6 Å². The molecule has 2 rings (SSSR count). The molecule has 0 atom stereocenters. The first-order valence-electron chi connectivity index (χ1n) is 5.49. The summed E-state index contributed by atoms with van der Waals surface area (Å²) in [5, 5.41) is 5.32.